The van der Waals surface area contributed by atoms with Gasteiger partial charge in [-0.05, 0) is 31.2 Å². The number of halogens is 1. The molecule has 2 heterocycles. The van der Waals surface area contributed by atoms with Crippen molar-refractivity contribution in [1.82, 2.24) is 10.1 Å². The third kappa shape index (κ3) is 4.08. The SMILES string of the molecule is Cc1onc(-c2ccccc2Cl)c1C(=O)Nc1cccc(C(=O)N2CCOCC2)c1. The smallest absolute Gasteiger partial charge is 0.261 e. The Balaban J connectivity index is 1.58. The maximum absolute atomic E-state index is 13.0. The van der Waals surface area contributed by atoms with Gasteiger partial charge in [0.05, 0.1) is 18.2 Å². The van der Waals surface area contributed by atoms with Gasteiger partial charge in [0.25, 0.3) is 11.8 Å². The van der Waals surface area contributed by atoms with Crippen LogP contribution >= 0.6 is 11.6 Å². The molecule has 1 aliphatic rings. The van der Waals surface area contributed by atoms with Crippen LogP contribution in [0.1, 0.15) is 26.5 Å². The first-order valence-electron chi connectivity index (χ1n) is 9.54. The lowest BCUT2D eigenvalue weighted by atomic mass is 10.1. The summed E-state index contributed by atoms with van der Waals surface area (Å²) in [5.74, 6) is -0.102. The fourth-order valence-electron chi connectivity index (χ4n) is 3.35. The molecule has 7 nitrogen and oxygen atoms in total. The number of aryl methyl sites for hydroxylation is 1. The summed E-state index contributed by atoms with van der Waals surface area (Å²) in [5.41, 5.74) is 2.29. The van der Waals surface area contributed by atoms with E-state index < -0.39 is 0 Å². The third-order valence-corrected chi connectivity index (χ3v) is 5.21. The molecular weight excluding hydrogens is 406 g/mol. The van der Waals surface area contributed by atoms with E-state index in [0.717, 1.165) is 0 Å². The number of morpholine rings is 1. The average Bonchev–Trinajstić information content (AvgIpc) is 3.15. The van der Waals surface area contributed by atoms with Gasteiger partial charge in [0, 0.05) is 29.9 Å². The number of carbonyl (C=O) groups excluding carboxylic acids is 2. The number of ether oxygens (including phenoxy) is 1. The molecule has 1 N–H and O–H groups in total. The molecule has 1 saturated heterocycles. The number of hydrogen-bond acceptors (Lipinski definition) is 5. The highest BCUT2D eigenvalue weighted by atomic mass is 35.5. The molecule has 1 aliphatic heterocycles. The first-order chi connectivity index (χ1) is 14.5. The Morgan fingerprint density at radius 1 is 1.10 bits per heavy atom. The number of rotatable bonds is 4. The Kier molecular flexibility index (Phi) is 5.83. The zero-order valence-corrected chi connectivity index (χ0v) is 17.1. The van der Waals surface area contributed by atoms with Gasteiger partial charge in [0.1, 0.15) is 17.0 Å². The van der Waals surface area contributed by atoms with Gasteiger partial charge >= 0.3 is 0 Å². The maximum atomic E-state index is 13.0. The number of nitrogens with one attached hydrogen (secondary N) is 1. The number of anilines is 1. The Bertz CT molecular complexity index is 1090. The van der Waals surface area contributed by atoms with E-state index in [1.807, 2.05) is 6.07 Å². The summed E-state index contributed by atoms with van der Waals surface area (Å²) in [6, 6.07) is 14.0. The predicted molar refractivity (Wildman–Crippen MR) is 113 cm³/mol. The van der Waals surface area contributed by atoms with Crippen molar-refractivity contribution in [2.24, 2.45) is 0 Å². The number of amides is 2. The highest BCUT2D eigenvalue weighted by molar-refractivity contribution is 6.33. The third-order valence-electron chi connectivity index (χ3n) is 4.88. The van der Waals surface area contributed by atoms with Gasteiger partial charge in [-0.3, -0.25) is 9.59 Å². The molecule has 0 radical (unpaired) electrons. The van der Waals surface area contributed by atoms with Crippen molar-refractivity contribution in [3.8, 4) is 11.3 Å². The monoisotopic (exact) mass is 425 g/mol. The molecule has 2 amide bonds. The van der Waals surface area contributed by atoms with E-state index in [1.54, 1.807) is 54.3 Å². The van der Waals surface area contributed by atoms with Gasteiger partial charge in [0.2, 0.25) is 0 Å². The second kappa shape index (κ2) is 8.69. The number of carbonyl (C=O) groups is 2. The van der Waals surface area contributed by atoms with Crippen LogP contribution in [0.4, 0.5) is 5.69 Å². The Labute approximate surface area is 178 Å². The van der Waals surface area contributed by atoms with Crippen LogP contribution in [0.5, 0.6) is 0 Å². The average molecular weight is 426 g/mol. The molecule has 30 heavy (non-hydrogen) atoms. The zero-order chi connectivity index (χ0) is 21.1. The molecule has 0 saturated carbocycles. The lowest BCUT2D eigenvalue weighted by Gasteiger charge is -2.27. The predicted octanol–water partition coefficient (Wildman–Crippen LogP) is 4.03. The summed E-state index contributed by atoms with van der Waals surface area (Å²) in [6.45, 7) is 3.83. The molecule has 2 aromatic carbocycles. The van der Waals surface area contributed by atoms with Crippen LogP contribution in [0, 0.1) is 6.92 Å². The Morgan fingerprint density at radius 2 is 1.87 bits per heavy atom. The normalized spacial score (nSPS) is 13.9. The summed E-state index contributed by atoms with van der Waals surface area (Å²) in [4.78, 5) is 27.5. The molecule has 0 unspecified atom stereocenters. The molecular formula is C22H20ClN3O4. The Hall–Kier alpha value is -3.16. The zero-order valence-electron chi connectivity index (χ0n) is 16.4. The van der Waals surface area contributed by atoms with Crippen molar-refractivity contribution in [1.29, 1.82) is 0 Å². The van der Waals surface area contributed by atoms with Crippen molar-refractivity contribution < 1.29 is 18.8 Å². The van der Waals surface area contributed by atoms with Crippen LogP contribution in [-0.4, -0.2) is 48.2 Å². The second-order valence-electron chi connectivity index (χ2n) is 6.88. The number of aromatic nitrogens is 1. The highest BCUT2D eigenvalue weighted by Gasteiger charge is 2.24. The maximum Gasteiger partial charge on any atom is 0.261 e. The van der Waals surface area contributed by atoms with E-state index >= 15 is 0 Å². The van der Waals surface area contributed by atoms with Crippen LogP contribution in [0.3, 0.4) is 0 Å². The summed E-state index contributed by atoms with van der Waals surface area (Å²) >= 11 is 6.27. The largest absolute Gasteiger partial charge is 0.378 e. The summed E-state index contributed by atoms with van der Waals surface area (Å²) in [7, 11) is 0. The molecule has 1 fully saturated rings. The van der Waals surface area contributed by atoms with E-state index in [1.165, 1.54) is 0 Å². The first kappa shape index (κ1) is 20.1. The highest BCUT2D eigenvalue weighted by Crippen LogP contribution is 2.31. The summed E-state index contributed by atoms with van der Waals surface area (Å²) in [5, 5.41) is 7.33. The topological polar surface area (TPSA) is 84.7 Å². The van der Waals surface area contributed by atoms with Crippen LogP contribution < -0.4 is 5.32 Å². The van der Waals surface area contributed by atoms with Crippen LogP contribution in [-0.2, 0) is 4.74 Å². The minimum absolute atomic E-state index is 0.0905. The van der Waals surface area contributed by atoms with E-state index in [-0.39, 0.29) is 11.8 Å². The number of nitrogens with zero attached hydrogens (tertiary/aromatic N) is 2. The van der Waals surface area contributed by atoms with Crippen molar-refractivity contribution in [3.63, 3.8) is 0 Å². The van der Waals surface area contributed by atoms with E-state index in [2.05, 4.69) is 10.5 Å². The summed E-state index contributed by atoms with van der Waals surface area (Å²) < 4.78 is 10.6. The lowest BCUT2D eigenvalue weighted by molar-refractivity contribution is 0.0303. The van der Waals surface area contributed by atoms with E-state index in [0.29, 0.717) is 65.2 Å². The summed E-state index contributed by atoms with van der Waals surface area (Å²) in [6.07, 6.45) is 0. The van der Waals surface area contributed by atoms with Gasteiger partial charge < -0.3 is 19.5 Å². The van der Waals surface area contributed by atoms with Crippen molar-refractivity contribution in [2.75, 3.05) is 31.6 Å². The molecule has 154 valence electrons. The van der Waals surface area contributed by atoms with E-state index in [4.69, 9.17) is 20.9 Å². The quantitative estimate of drug-likeness (QED) is 0.682. The fraction of sp³-hybridized carbons (Fsp3) is 0.227. The van der Waals surface area contributed by atoms with Gasteiger partial charge in [-0.1, -0.05) is 41.0 Å². The van der Waals surface area contributed by atoms with Crippen LogP contribution in [0.15, 0.2) is 53.1 Å². The molecule has 3 aromatic rings. The molecule has 1 aromatic heterocycles. The molecule has 0 spiro atoms. The van der Waals surface area contributed by atoms with Gasteiger partial charge in [-0.25, -0.2) is 0 Å². The lowest BCUT2D eigenvalue weighted by Crippen LogP contribution is -2.40. The first-order valence-corrected chi connectivity index (χ1v) is 9.92. The van der Waals surface area contributed by atoms with Crippen molar-refractivity contribution >= 4 is 29.1 Å². The van der Waals surface area contributed by atoms with Gasteiger partial charge in [-0.15, -0.1) is 0 Å². The number of benzene rings is 2. The minimum atomic E-state index is -0.389. The van der Waals surface area contributed by atoms with Gasteiger partial charge in [0.15, 0.2) is 0 Å². The Morgan fingerprint density at radius 3 is 2.63 bits per heavy atom. The second-order valence-corrected chi connectivity index (χ2v) is 7.29. The molecule has 0 bridgehead atoms. The van der Waals surface area contributed by atoms with Gasteiger partial charge in [-0.2, -0.15) is 0 Å². The van der Waals surface area contributed by atoms with E-state index in [9.17, 15) is 9.59 Å². The molecule has 0 atom stereocenters. The number of hydrogen-bond donors (Lipinski definition) is 1. The molecule has 8 heteroatoms. The van der Waals surface area contributed by atoms with Crippen LogP contribution in [0.25, 0.3) is 11.3 Å². The fourth-order valence-corrected chi connectivity index (χ4v) is 3.57. The molecule has 0 aliphatic carbocycles. The van der Waals surface area contributed by atoms with Crippen molar-refractivity contribution in [2.45, 2.75) is 6.92 Å². The van der Waals surface area contributed by atoms with Crippen molar-refractivity contribution in [3.05, 3.63) is 70.4 Å². The standard InChI is InChI=1S/C22H20ClN3O4/c1-14-19(20(25-30-14)17-7-2-3-8-18(17)23)21(27)24-16-6-4-5-15(13-16)22(28)26-9-11-29-12-10-26/h2-8,13H,9-12H2,1H3,(H,24,27). The molecule has 4 rings (SSSR count). The minimum Gasteiger partial charge on any atom is -0.378 e. The van der Waals surface area contributed by atoms with Crippen LogP contribution in [0.2, 0.25) is 5.02 Å².